The zero-order valence-electron chi connectivity index (χ0n) is 13.6. The van der Waals surface area contributed by atoms with Crippen LogP contribution in [0, 0.1) is 6.92 Å². The second-order valence-electron chi connectivity index (χ2n) is 5.10. The first-order valence-corrected chi connectivity index (χ1v) is 8.04. The Labute approximate surface area is 155 Å². The van der Waals surface area contributed by atoms with Crippen molar-refractivity contribution >= 4 is 52.6 Å². The number of benzene rings is 2. The summed E-state index contributed by atoms with van der Waals surface area (Å²) in [7, 11) is 1.36. The van der Waals surface area contributed by atoms with Crippen molar-refractivity contribution < 1.29 is 9.59 Å². The highest BCUT2D eigenvalue weighted by Crippen LogP contribution is 2.26. The molecule has 25 heavy (non-hydrogen) atoms. The van der Waals surface area contributed by atoms with Gasteiger partial charge in [-0.05, 0) is 42.8 Å². The predicted octanol–water partition coefficient (Wildman–Crippen LogP) is 3.24. The highest BCUT2D eigenvalue weighted by molar-refractivity contribution is 6.35. The molecule has 0 fully saturated rings. The van der Waals surface area contributed by atoms with Crippen LogP contribution in [-0.2, 0) is 9.59 Å². The van der Waals surface area contributed by atoms with Crippen LogP contribution in [0.15, 0.2) is 41.5 Å². The molecule has 6 nitrogen and oxygen atoms in total. The van der Waals surface area contributed by atoms with E-state index in [0.717, 1.165) is 11.3 Å². The number of nitrogens with one attached hydrogen (secondary N) is 3. The van der Waals surface area contributed by atoms with Crippen molar-refractivity contribution in [1.29, 1.82) is 0 Å². The number of anilines is 2. The van der Waals surface area contributed by atoms with Gasteiger partial charge in [-0.3, -0.25) is 9.59 Å². The van der Waals surface area contributed by atoms with Gasteiger partial charge in [0.05, 0.1) is 6.21 Å². The number of amides is 2. The lowest BCUT2D eigenvalue weighted by Crippen LogP contribution is -2.35. The lowest BCUT2D eigenvalue weighted by atomic mass is 10.1. The third-order valence-corrected chi connectivity index (χ3v) is 3.91. The van der Waals surface area contributed by atoms with Gasteiger partial charge in [-0.15, -0.1) is 0 Å². The van der Waals surface area contributed by atoms with Gasteiger partial charge in [0.2, 0.25) is 0 Å². The number of halogens is 2. The fraction of sp³-hybridized carbons (Fsp3) is 0.118. The first kappa shape index (κ1) is 18.8. The molecular weight excluding hydrogens is 363 g/mol. The molecule has 0 heterocycles. The van der Waals surface area contributed by atoms with Gasteiger partial charge < -0.3 is 10.6 Å². The highest BCUT2D eigenvalue weighted by atomic mass is 35.5. The van der Waals surface area contributed by atoms with Crippen molar-refractivity contribution in [2.45, 2.75) is 6.92 Å². The molecule has 0 saturated carbocycles. The van der Waals surface area contributed by atoms with Gasteiger partial charge >= 0.3 is 11.8 Å². The van der Waals surface area contributed by atoms with E-state index in [1.54, 1.807) is 24.3 Å². The maximum absolute atomic E-state index is 11.4. The number of hydrazone groups is 1. The van der Waals surface area contributed by atoms with Gasteiger partial charge in [-0.25, -0.2) is 5.43 Å². The maximum Gasteiger partial charge on any atom is 0.329 e. The monoisotopic (exact) mass is 378 g/mol. The molecule has 2 amide bonds. The smallest absolute Gasteiger partial charge is 0.329 e. The lowest BCUT2D eigenvalue weighted by Gasteiger charge is -2.11. The van der Waals surface area contributed by atoms with Crippen LogP contribution < -0.4 is 16.1 Å². The number of carbonyl (C=O) groups is 2. The molecular formula is C17H16Cl2N4O2. The summed E-state index contributed by atoms with van der Waals surface area (Å²) in [5.41, 5.74) is 5.24. The molecule has 0 unspecified atom stereocenters. The van der Waals surface area contributed by atoms with E-state index in [-0.39, 0.29) is 0 Å². The lowest BCUT2D eigenvalue weighted by molar-refractivity contribution is -0.138. The van der Waals surface area contributed by atoms with E-state index < -0.39 is 11.8 Å². The van der Waals surface area contributed by atoms with Gasteiger partial charge in [-0.1, -0.05) is 29.3 Å². The average Bonchev–Trinajstić information content (AvgIpc) is 2.59. The minimum Gasteiger partial charge on any atom is -0.355 e. The molecule has 0 aliphatic rings. The summed E-state index contributed by atoms with van der Waals surface area (Å²) in [6.07, 6.45) is 1.39. The van der Waals surface area contributed by atoms with Crippen LogP contribution in [0.4, 0.5) is 11.4 Å². The van der Waals surface area contributed by atoms with Crippen LogP contribution in [0.5, 0.6) is 0 Å². The summed E-state index contributed by atoms with van der Waals surface area (Å²) in [6, 6.07) is 10.8. The summed E-state index contributed by atoms with van der Waals surface area (Å²) in [5.74, 6) is -1.64. The van der Waals surface area contributed by atoms with Crippen molar-refractivity contribution in [3.63, 3.8) is 0 Å². The van der Waals surface area contributed by atoms with Gasteiger partial charge in [0, 0.05) is 34.0 Å². The van der Waals surface area contributed by atoms with E-state index in [9.17, 15) is 9.59 Å². The third-order valence-electron chi connectivity index (χ3n) is 3.27. The molecule has 0 aliphatic carbocycles. The molecule has 0 aromatic heterocycles. The highest BCUT2D eigenvalue weighted by Gasteiger charge is 2.09. The van der Waals surface area contributed by atoms with E-state index in [1.165, 1.54) is 13.3 Å². The van der Waals surface area contributed by atoms with Crippen LogP contribution in [0.1, 0.15) is 11.1 Å². The first-order chi connectivity index (χ1) is 11.9. The Morgan fingerprint density at radius 2 is 1.84 bits per heavy atom. The van der Waals surface area contributed by atoms with Gasteiger partial charge in [0.15, 0.2) is 0 Å². The van der Waals surface area contributed by atoms with Crippen molar-refractivity contribution in [3.05, 3.63) is 57.6 Å². The van der Waals surface area contributed by atoms with Gasteiger partial charge in [0.25, 0.3) is 0 Å². The Balaban J connectivity index is 2.20. The normalized spacial score (nSPS) is 10.6. The number of carbonyl (C=O) groups excluding carboxylic acids is 2. The van der Waals surface area contributed by atoms with E-state index in [1.807, 2.05) is 19.1 Å². The number of aryl methyl sites for hydroxylation is 1. The maximum atomic E-state index is 11.4. The van der Waals surface area contributed by atoms with Crippen LogP contribution in [0.3, 0.4) is 0 Å². The van der Waals surface area contributed by atoms with E-state index in [0.29, 0.717) is 21.3 Å². The van der Waals surface area contributed by atoms with Crippen LogP contribution in [-0.4, -0.2) is 25.1 Å². The molecule has 130 valence electrons. The minimum absolute atomic E-state index is 0.506. The molecule has 0 radical (unpaired) electrons. The summed E-state index contributed by atoms with van der Waals surface area (Å²) in [4.78, 5) is 22.5. The molecule has 8 heteroatoms. The molecule has 0 atom stereocenters. The number of hydrogen-bond acceptors (Lipinski definition) is 4. The Bertz CT molecular complexity index is 837. The van der Waals surface area contributed by atoms with Crippen molar-refractivity contribution in [3.8, 4) is 0 Å². The topological polar surface area (TPSA) is 82.6 Å². The minimum atomic E-state index is -0.861. The van der Waals surface area contributed by atoms with Gasteiger partial charge in [-0.2, -0.15) is 5.10 Å². The summed E-state index contributed by atoms with van der Waals surface area (Å²) >= 11 is 12.2. The number of hydrogen-bond donors (Lipinski definition) is 3. The SMILES string of the molecule is CNC(=O)C(=O)N/N=C\c1cc(Cl)ccc1Nc1ccc(C)c(Cl)c1. The molecule has 0 bridgehead atoms. The first-order valence-electron chi connectivity index (χ1n) is 7.28. The molecule has 0 saturated heterocycles. The van der Waals surface area contributed by atoms with Gasteiger partial charge in [0.1, 0.15) is 0 Å². The van der Waals surface area contributed by atoms with Crippen molar-refractivity contribution in [2.24, 2.45) is 5.10 Å². The fourth-order valence-electron chi connectivity index (χ4n) is 1.91. The predicted molar refractivity (Wildman–Crippen MR) is 101 cm³/mol. The molecule has 3 N–H and O–H groups in total. The Morgan fingerprint density at radius 1 is 1.08 bits per heavy atom. The van der Waals surface area contributed by atoms with Crippen LogP contribution in [0.2, 0.25) is 10.0 Å². The largest absolute Gasteiger partial charge is 0.355 e. The van der Waals surface area contributed by atoms with Crippen LogP contribution >= 0.6 is 23.2 Å². The molecule has 0 aliphatic heterocycles. The third kappa shape index (κ3) is 5.20. The Hall–Kier alpha value is -2.57. The van der Waals surface area contributed by atoms with E-state index >= 15 is 0 Å². The number of likely N-dealkylation sites (N-methyl/N-ethyl adjacent to an activating group) is 1. The Kier molecular flexibility index (Phi) is 6.38. The molecule has 2 aromatic carbocycles. The van der Waals surface area contributed by atoms with Crippen molar-refractivity contribution in [2.75, 3.05) is 12.4 Å². The Morgan fingerprint density at radius 3 is 2.52 bits per heavy atom. The van der Waals surface area contributed by atoms with E-state index in [4.69, 9.17) is 23.2 Å². The quantitative estimate of drug-likeness (QED) is 0.433. The average molecular weight is 379 g/mol. The summed E-state index contributed by atoms with van der Waals surface area (Å²) in [5, 5.41) is 10.3. The molecule has 0 spiro atoms. The van der Waals surface area contributed by atoms with Crippen LogP contribution in [0.25, 0.3) is 0 Å². The summed E-state index contributed by atoms with van der Waals surface area (Å²) < 4.78 is 0. The number of nitrogens with zero attached hydrogens (tertiary/aromatic N) is 1. The number of rotatable bonds is 4. The zero-order chi connectivity index (χ0) is 18.4. The molecule has 2 rings (SSSR count). The molecule has 2 aromatic rings. The second-order valence-corrected chi connectivity index (χ2v) is 5.94. The van der Waals surface area contributed by atoms with E-state index in [2.05, 4.69) is 21.2 Å². The summed E-state index contributed by atoms with van der Waals surface area (Å²) in [6.45, 7) is 1.92. The standard InChI is InChI=1S/C17H16Cl2N4O2/c1-10-3-5-13(8-14(10)19)22-15-6-4-12(18)7-11(15)9-21-23-17(25)16(24)20-2/h3-9,22H,1-2H3,(H,20,24)(H,23,25)/b21-9-. The zero-order valence-corrected chi connectivity index (χ0v) is 15.1. The fourth-order valence-corrected chi connectivity index (χ4v) is 2.27. The second kappa shape index (κ2) is 8.50. The van der Waals surface area contributed by atoms with Crippen molar-refractivity contribution in [1.82, 2.24) is 10.7 Å².